The van der Waals surface area contributed by atoms with E-state index in [1.807, 2.05) is 25.3 Å². The van der Waals surface area contributed by atoms with E-state index in [1.165, 1.54) is 0 Å². The van der Waals surface area contributed by atoms with Crippen molar-refractivity contribution in [3.63, 3.8) is 0 Å². The predicted octanol–water partition coefficient (Wildman–Crippen LogP) is 1.92. The number of aliphatic hydroxyl groups is 1. The van der Waals surface area contributed by atoms with Gasteiger partial charge in [-0.15, -0.1) is 0 Å². The molecule has 2 atom stereocenters. The third-order valence-corrected chi connectivity index (χ3v) is 4.38. The molecule has 2 aromatic heterocycles. The van der Waals surface area contributed by atoms with Crippen LogP contribution in [0.1, 0.15) is 41.6 Å². The van der Waals surface area contributed by atoms with Gasteiger partial charge in [0.15, 0.2) is 0 Å². The summed E-state index contributed by atoms with van der Waals surface area (Å²) in [6.07, 6.45) is 7.63. The zero-order valence-electron chi connectivity index (χ0n) is 12.2. The molecular weight excluding hydrogens is 266 g/mol. The van der Waals surface area contributed by atoms with Crippen molar-refractivity contribution >= 4 is 11.4 Å². The number of nitrogens with one attached hydrogen (secondary N) is 1. The number of aryl methyl sites for hydroxylation is 1. The fraction of sp³-hybridized carbons (Fsp3) is 0.500. The predicted molar refractivity (Wildman–Crippen MR) is 80.2 cm³/mol. The van der Waals surface area contributed by atoms with E-state index in [0.29, 0.717) is 5.56 Å². The largest absolute Gasteiger partial charge is 0.396 e. The molecule has 1 amide bonds. The molecule has 2 aromatic rings. The molecule has 0 spiro atoms. The molecule has 5 heteroatoms. The molecular formula is C16H21N3O2. The normalized spacial score (nSPS) is 22.4. The van der Waals surface area contributed by atoms with Crippen LogP contribution in [0.25, 0.3) is 5.52 Å². The molecule has 21 heavy (non-hydrogen) atoms. The Morgan fingerprint density at radius 3 is 3.10 bits per heavy atom. The van der Waals surface area contributed by atoms with E-state index in [4.69, 9.17) is 0 Å². The Kier molecular flexibility index (Phi) is 3.92. The highest BCUT2D eigenvalue weighted by Gasteiger charge is 2.27. The highest BCUT2D eigenvalue weighted by Crippen LogP contribution is 2.24. The molecule has 5 nitrogen and oxygen atoms in total. The van der Waals surface area contributed by atoms with E-state index in [1.54, 1.807) is 10.7 Å². The monoisotopic (exact) mass is 287 g/mol. The quantitative estimate of drug-likeness (QED) is 0.906. The maximum absolute atomic E-state index is 12.5. The second kappa shape index (κ2) is 5.85. The van der Waals surface area contributed by atoms with Crippen molar-refractivity contribution in [2.24, 2.45) is 5.92 Å². The van der Waals surface area contributed by atoms with E-state index < -0.39 is 0 Å². The number of hydrogen-bond acceptors (Lipinski definition) is 3. The summed E-state index contributed by atoms with van der Waals surface area (Å²) in [5.41, 5.74) is 2.52. The minimum absolute atomic E-state index is 0.0657. The van der Waals surface area contributed by atoms with E-state index in [2.05, 4.69) is 10.4 Å². The summed E-state index contributed by atoms with van der Waals surface area (Å²) in [7, 11) is 0. The van der Waals surface area contributed by atoms with Crippen LogP contribution in [0.3, 0.4) is 0 Å². The van der Waals surface area contributed by atoms with Gasteiger partial charge >= 0.3 is 0 Å². The van der Waals surface area contributed by atoms with Crippen LogP contribution in [0.15, 0.2) is 24.5 Å². The van der Waals surface area contributed by atoms with E-state index in [-0.39, 0.29) is 24.5 Å². The minimum Gasteiger partial charge on any atom is -0.396 e. The Hall–Kier alpha value is -1.88. The second-order valence-corrected chi connectivity index (χ2v) is 5.90. The molecule has 1 saturated carbocycles. The van der Waals surface area contributed by atoms with Crippen LogP contribution < -0.4 is 5.32 Å². The van der Waals surface area contributed by atoms with Gasteiger partial charge in [-0.05, 0) is 37.5 Å². The van der Waals surface area contributed by atoms with Crippen LogP contribution in [0.2, 0.25) is 0 Å². The lowest BCUT2D eigenvalue weighted by atomic mass is 9.85. The van der Waals surface area contributed by atoms with Gasteiger partial charge in [-0.2, -0.15) is 5.10 Å². The van der Waals surface area contributed by atoms with Crippen LogP contribution in [-0.2, 0) is 0 Å². The van der Waals surface area contributed by atoms with Gasteiger partial charge in [-0.25, -0.2) is 4.52 Å². The standard InChI is InChI=1S/C16H21N3O2/c1-11-6-7-19-15(8-11)13(9-17-19)16(21)18-14-5-3-2-4-12(14)10-20/h6-9,12,14,20H,2-5,10H2,1H3,(H,18,21). The summed E-state index contributed by atoms with van der Waals surface area (Å²) in [6, 6.07) is 3.99. The molecule has 0 bridgehead atoms. The van der Waals surface area contributed by atoms with Gasteiger partial charge in [-0.1, -0.05) is 12.8 Å². The molecule has 1 fully saturated rings. The molecule has 0 aliphatic heterocycles. The Morgan fingerprint density at radius 2 is 2.29 bits per heavy atom. The summed E-state index contributed by atoms with van der Waals surface area (Å²) in [5.74, 6) is 0.0761. The topological polar surface area (TPSA) is 66.6 Å². The Bertz CT molecular complexity index is 650. The van der Waals surface area contributed by atoms with Crippen molar-refractivity contribution in [2.75, 3.05) is 6.61 Å². The third-order valence-electron chi connectivity index (χ3n) is 4.38. The van der Waals surface area contributed by atoms with Gasteiger partial charge in [0, 0.05) is 24.8 Å². The van der Waals surface area contributed by atoms with E-state index in [0.717, 1.165) is 36.8 Å². The number of carbonyl (C=O) groups excluding carboxylic acids is 1. The van der Waals surface area contributed by atoms with Gasteiger partial charge in [0.1, 0.15) is 0 Å². The lowest BCUT2D eigenvalue weighted by Gasteiger charge is -2.30. The average molecular weight is 287 g/mol. The van der Waals surface area contributed by atoms with Gasteiger partial charge in [-0.3, -0.25) is 4.79 Å². The van der Waals surface area contributed by atoms with Crippen LogP contribution in [-0.4, -0.2) is 33.3 Å². The molecule has 0 saturated heterocycles. The van der Waals surface area contributed by atoms with Gasteiger partial charge in [0.25, 0.3) is 5.91 Å². The zero-order valence-corrected chi connectivity index (χ0v) is 12.2. The highest BCUT2D eigenvalue weighted by atomic mass is 16.3. The fourth-order valence-corrected chi connectivity index (χ4v) is 3.12. The lowest BCUT2D eigenvalue weighted by molar-refractivity contribution is 0.0874. The molecule has 112 valence electrons. The number of aromatic nitrogens is 2. The first-order chi connectivity index (χ1) is 10.2. The first-order valence-corrected chi connectivity index (χ1v) is 7.55. The van der Waals surface area contributed by atoms with Crippen LogP contribution >= 0.6 is 0 Å². The summed E-state index contributed by atoms with van der Waals surface area (Å²) in [4.78, 5) is 12.5. The van der Waals surface area contributed by atoms with E-state index in [9.17, 15) is 9.90 Å². The number of fused-ring (bicyclic) bond motifs is 1. The van der Waals surface area contributed by atoms with Gasteiger partial charge in [0.2, 0.25) is 0 Å². The van der Waals surface area contributed by atoms with Crippen LogP contribution in [0.4, 0.5) is 0 Å². The van der Waals surface area contributed by atoms with E-state index >= 15 is 0 Å². The molecule has 1 aliphatic carbocycles. The number of carbonyl (C=O) groups is 1. The molecule has 0 radical (unpaired) electrons. The molecule has 3 rings (SSSR count). The fourth-order valence-electron chi connectivity index (χ4n) is 3.12. The average Bonchev–Trinajstić information content (AvgIpc) is 2.90. The van der Waals surface area contributed by atoms with Crippen molar-refractivity contribution in [2.45, 2.75) is 38.6 Å². The Morgan fingerprint density at radius 1 is 1.48 bits per heavy atom. The Balaban J connectivity index is 1.82. The van der Waals surface area contributed by atoms with Crippen LogP contribution in [0.5, 0.6) is 0 Å². The Labute approximate surface area is 124 Å². The molecule has 1 aliphatic rings. The number of aliphatic hydroxyl groups excluding tert-OH is 1. The molecule has 0 aromatic carbocycles. The first kappa shape index (κ1) is 14.1. The number of amides is 1. The number of hydrogen-bond donors (Lipinski definition) is 2. The summed E-state index contributed by atoms with van der Waals surface area (Å²) in [6.45, 7) is 2.14. The lowest BCUT2D eigenvalue weighted by Crippen LogP contribution is -2.43. The molecule has 2 unspecified atom stereocenters. The van der Waals surface area contributed by atoms with Crippen molar-refractivity contribution in [3.05, 3.63) is 35.7 Å². The van der Waals surface area contributed by atoms with Crippen molar-refractivity contribution in [3.8, 4) is 0 Å². The smallest absolute Gasteiger partial charge is 0.255 e. The zero-order chi connectivity index (χ0) is 14.8. The van der Waals surface area contributed by atoms with Crippen molar-refractivity contribution < 1.29 is 9.90 Å². The number of nitrogens with zero attached hydrogens (tertiary/aromatic N) is 2. The maximum Gasteiger partial charge on any atom is 0.255 e. The van der Waals surface area contributed by atoms with Gasteiger partial charge in [0.05, 0.1) is 17.3 Å². The maximum atomic E-state index is 12.5. The van der Waals surface area contributed by atoms with Crippen molar-refractivity contribution in [1.29, 1.82) is 0 Å². The summed E-state index contributed by atoms with van der Waals surface area (Å²) >= 11 is 0. The van der Waals surface area contributed by atoms with Crippen LogP contribution in [0, 0.1) is 12.8 Å². The van der Waals surface area contributed by atoms with Crippen molar-refractivity contribution in [1.82, 2.24) is 14.9 Å². The molecule has 2 heterocycles. The summed E-state index contributed by atoms with van der Waals surface area (Å²) in [5, 5.41) is 16.7. The molecule has 2 N–H and O–H groups in total. The van der Waals surface area contributed by atoms with Gasteiger partial charge < -0.3 is 10.4 Å². The SMILES string of the molecule is Cc1ccn2ncc(C(=O)NC3CCCCC3CO)c2c1. The number of rotatable bonds is 3. The second-order valence-electron chi connectivity index (χ2n) is 5.90. The summed E-state index contributed by atoms with van der Waals surface area (Å²) < 4.78 is 1.71. The number of pyridine rings is 1. The minimum atomic E-state index is -0.0963. The third kappa shape index (κ3) is 2.78. The highest BCUT2D eigenvalue weighted by molar-refractivity contribution is 6.00. The first-order valence-electron chi connectivity index (χ1n) is 7.55.